The van der Waals surface area contributed by atoms with E-state index in [1.54, 1.807) is 6.33 Å². The zero-order valence-electron chi connectivity index (χ0n) is 10.9. The lowest BCUT2D eigenvalue weighted by Gasteiger charge is -2.22. The van der Waals surface area contributed by atoms with Gasteiger partial charge in [0.25, 0.3) is 0 Å². The molecule has 0 fully saturated rings. The Kier molecular flexibility index (Phi) is 6.55. The van der Waals surface area contributed by atoms with E-state index in [1.165, 1.54) is 0 Å². The van der Waals surface area contributed by atoms with E-state index < -0.39 is 0 Å². The van der Waals surface area contributed by atoms with Crippen LogP contribution in [0.25, 0.3) is 0 Å². The van der Waals surface area contributed by atoms with Crippen molar-refractivity contribution in [2.45, 2.75) is 39.5 Å². The summed E-state index contributed by atoms with van der Waals surface area (Å²) in [6.45, 7) is 6.06. The molecular formula is C13H23N3O. The topological polar surface area (TPSA) is 49.2 Å². The second-order valence-electron chi connectivity index (χ2n) is 4.18. The molecule has 0 aromatic carbocycles. The fraction of sp³-hybridized carbons (Fsp3) is 0.692. The molecule has 0 saturated carbocycles. The van der Waals surface area contributed by atoms with Gasteiger partial charge in [-0.3, -0.25) is 0 Å². The summed E-state index contributed by atoms with van der Waals surface area (Å²) in [6.07, 6.45) is 5.96. The van der Waals surface area contributed by atoms with Gasteiger partial charge in [0.05, 0.1) is 6.61 Å². The number of aromatic nitrogens is 2. The monoisotopic (exact) mass is 237 g/mol. The maximum absolute atomic E-state index is 9.08. The minimum atomic E-state index is 0.164. The summed E-state index contributed by atoms with van der Waals surface area (Å²) in [4.78, 5) is 10.7. The molecule has 0 aliphatic heterocycles. The average Bonchev–Trinajstić information content (AvgIpc) is 2.35. The molecule has 0 radical (unpaired) electrons. The molecule has 1 aromatic rings. The van der Waals surface area contributed by atoms with E-state index in [2.05, 4.69) is 28.7 Å². The maximum atomic E-state index is 9.08. The third kappa shape index (κ3) is 4.69. The van der Waals surface area contributed by atoms with Crippen LogP contribution in [0.2, 0.25) is 0 Å². The first kappa shape index (κ1) is 13.9. The van der Waals surface area contributed by atoms with Crippen molar-refractivity contribution in [1.29, 1.82) is 0 Å². The maximum Gasteiger partial charge on any atom is 0.132 e. The molecule has 1 aromatic heterocycles. The predicted octanol–water partition coefficient (Wildman–Crippen LogP) is 2.03. The van der Waals surface area contributed by atoms with Crippen LogP contribution in [0.1, 0.15) is 38.8 Å². The highest BCUT2D eigenvalue weighted by Gasteiger charge is 2.07. The Morgan fingerprint density at radius 1 is 1.18 bits per heavy atom. The minimum Gasteiger partial charge on any atom is -0.395 e. The Bertz CT molecular complexity index is 317. The van der Waals surface area contributed by atoms with Gasteiger partial charge in [0.15, 0.2) is 0 Å². The van der Waals surface area contributed by atoms with Crippen LogP contribution in [-0.2, 0) is 6.42 Å². The lowest BCUT2D eigenvalue weighted by atomic mass is 10.2. The summed E-state index contributed by atoms with van der Waals surface area (Å²) in [5.74, 6) is 0.936. The van der Waals surface area contributed by atoms with E-state index in [1.807, 2.05) is 6.07 Å². The number of unbranched alkanes of at least 4 members (excludes halogenated alkanes) is 1. The van der Waals surface area contributed by atoms with Crippen LogP contribution in [0.3, 0.4) is 0 Å². The number of aliphatic hydroxyl groups excluding tert-OH is 1. The predicted molar refractivity (Wildman–Crippen MR) is 70.2 cm³/mol. The Morgan fingerprint density at radius 2 is 2.00 bits per heavy atom. The van der Waals surface area contributed by atoms with Crippen LogP contribution in [0.4, 0.5) is 5.82 Å². The smallest absolute Gasteiger partial charge is 0.132 e. The second kappa shape index (κ2) is 8.01. The van der Waals surface area contributed by atoms with E-state index in [4.69, 9.17) is 5.11 Å². The molecule has 0 atom stereocenters. The quantitative estimate of drug-likeness (QED) is 0.751. The molecule has 4 nitrogen and oxygen atoms in total. The zero-order chi connectivity index (χ0) is 12.5. The van der Waals surface area contributed by atoms with Gasteiger partial charge < -0.3 is 10.0 Å². The fourth-order valence-corrected chi connectivity index (χ4v) is 1.76. The van der Waals surface area contributed by atoms with Crippen molar-refractivity contribution in [2.75, 3.05) is 24.6 Å². The average molecular weight is 237 g/mol. The molecule has 4 heteroatoms. The SMILES string of the molecule is CCCCN(CCO)c1cc(CCC)ncn1. The van der Waals surface area contributed by atoms with Gasteiger partial charge in [0, 0.05) is 24.8 Å². The first-order chi connectivity index (χ1) is 8.31. The van der Waals surface area contributed by atoms with Crippen molar-refractivity contribution in [2.24, 2.45) is 0 Å². The van der Waals surface area contributed by atoms with Crippen LogP contribution in [0, 0.1) is 0 Å². The van der Waals surface area contributed by atoms with Crippen molar-refractivity contribution in [3.05, 3.63) is 18.1 Å². The van der Waals surface area contributed by atoms with Gasteiger partial charge in [0.1, 0.15) is 12.1 Å². The first-order valence-corrected chi connectivity index (χ1v) is 6.48. The third-order valence-electron chi connectivity index (χ3n) is 2.69. The molecule has 1 heterocycles. The summed E-state index contributed by atoms with van der Waals surface area (Å²) in [7, 11) is 0. The van der Waals surface area contributed by atoms with Crippen LogP contribution < -0.4 is 4.90 Å². The highest BCUT2D eigenvalue weighted by Crippen LogP contribution is 2.12. The van der Waals surface area contributed by atoms with Gasteiger partial charge in [0.2, 0.25) is 0 Å². The minimum absolute atomic E-state index is 0.164. The van der Waals surface area contributed by atoms with Crippen LogP contribution in [0.15, 0.2) is 12.4 Å². The Morgan fingerprint density at radius 3 is 2.65 bits per heavy atom. The van der Waals surface area contributed by atoms with Crippen molar-refractivity contribution in [3.63, 3.8) is 0 Å². The first-order valence-electron chi connectivity index (χ1n) is 6.48. The van der Waals surface area contributed by atoms with Crippen LogP contribution in [0.5, 0.6) is 0 Å². The normalized spacial score (nSPS) is 10.5. The lowest BCUT2D eigenvalue weighted by molar-refractivity contribution is 0.301. The molecule has 0 saturated heterocycles. The molecule has 1 N–H and O–H groups in total. The summed E-state index contributed by atoms with van der Waals surface area (Å²) in [5, 5.41) is 9.08. The van der Waals surface area contributed by atoms with Gasteiger partial charge >= 0.3 is 0 Å². The highest BCUT2D eigenvalue weighted by molar-refractivity contribution is 5.38. The van der Waals surface area contributed by atoms with Crippen molar-refractivity contribution >= 4 is 5.82 Å². The van der Waals surface area contributed by atoms with E-state index in [9.17, 15) is 0 Å². The van der Waals surface area contributed by atoms with E-state index >= 15 is 0 Å². The Hall–Kier alpha value is -1.16. The van der Waals surface area contributed by atoms with Crippen molar-refractivity contribution < 1.29 is 5.11 Å². The van der Waals surface area contributed by atoms with Crippen molar-refractivity contribution in [1.82, 2.24) is 9.97 Å². The number of aliphatic hydroxyl groups is 1. The number of nitrogens with zero attached hydrogens (tertiary/aromatic N) is 3. The Labute approximate surface area is 104 Å². The van der Waals surface area contributed by atoms with Crippen LogP contribution >= 0.6 is 0 Å². The number of hydrogen-bond donors (Lipinski definition) is 1. The molecule has 17 heavy (non-hydrogen) atoms. The zero-order valence-corrected chi connectivity index (χ0v) is 10.9. The van der Waals surface area contributed by atoms with Gasteiger partial charge in [-0.25, -0.2) is 9.97 Å². The van der Waals surface area contributed by atoms with E-state index in [0.29, 0.717) is 6.54 Å². The van der Waals surface area contributed by atoms with Gasteiger partial charge in [-0.2, -0.15) is 0 Å². The molecule has 96 valence electrons. The molecule has 1 rings (SSSR count). The summed E-state index contributed by atoms with van der Waals surface area (Å²) < 4.78 is 0. The summed E-state index contributed by atoms with van der Waals surface area (Å²) >= 11 is 0. The molecule has 0 spiro atoms. The molecule has 0 unspecified atom stereocenters. The number of aryl methyl sites for hydroxylation is 1. The largest absolute Gasteiger partial charge is 0.395 e. The van der Waals surface area contributed by atoms with Gasteiger partial charge in [-0.1, -0.05) is 26.7 Å². The highest BCUT2D eigenvalue weighted by atomic mass is 16.3. The molecule has 0 amide bonds. The van der Waals surface area contributed by atoms with E-state index in [0.717, 1.165) is 43.7 Å². The van der Waals surface area contributed by atoms with Gasteiger partial charge in [-0.05, 0) is 12.8 Å². The van der Waals surface area contributed by atoms with Gasteiger partial charge in [-0.15, -0.1) is 0 Å². The molecular weight excluding hydrogens is 214 g/mol. The summed E-state index contributed by atoms with van der Waals surface area (Å²) in [6, 6.07) is 2.04. The summed E-state index contributed by atoms with van der Waals surface area (Å²) in [5.41, 5.74) is 1.08. The Balaban J connectivity index is 2.73. The number of anilines is 1. The lowest BCUT2D eigenvalue weighted by Crippen LogP contribution is -2.28. The molecule has 0 aliphatic carbocycles. The standard InChI is InChI=1S/C13H23N3O/c1-3-5-7-16(8-9-17)13-10-12(6-4-2)14-11-15-13/h10-11,17H,3-9H2,1-2H3. The number of rotatable bonds is 8. The third-order valence-corrected chi connectivity index (χ3v) is 2.69. The van der Waals surface area contributed by atoms with Crippen molar-refractivity contribution in [3.8, 4) is 0 Å². The molecule has 0 aliphatic rings. The fourth-order valence-electron chi connectivity index (χ4n) is 1.76. The van der Waals surface area contributed by atoms with E-state index in [-0.39, 0.29) is 6.61 Å². The second-order valence-corrected chi connectivity index (χ2v) is 4.18. The van der Waals surface area contributed by atoms with Crippen LogP contribution in [-0.4, -0.2) is 34.8 Å². The number of hydrogen-bond acceptors (Lipinski definition) is 4. The molecule has 0 bridgehead atoms.